The molecule has 0 amide bonds. The monoisotopic (exact) mass is 304 g/mol. The van der Waals surface area contributed by atoms with E-state index in [9.17, 15) is 0 Å². The van der Waals surface area contributed by atoms with Crippen LogP contribution >= 0.6 is 23.2 Å². The first kappa shape index (κ1) is 13.2. The van der Waals surface area contributed by atoms with Crippen LogP contribution in [-0.4, -0.2) is 9.97 Å². The summed E-state index contributed by atoms with van der Waals surface area (Å²) in [6, 6.07) is 13.0. The Kier molecular flexibility index (Phi) is 3.72. The van der Waals surface area contributed by atoms with E-state index in [1.165, 1.54) is 0 Å². The zero-order chi connectivity index (χ0) is 13.9. The fourth-order valence-corrected chi connectivity index (χ4v) is 2.22. The molecule has 0 aliphatic heterocycles. The van der Waals surface area contributed by atoms with Crippen molar-refractivity contribution in [2.45, 2.75) is 6.61 Å². The summed E-state index contributed by atoms with van der Waals surface area (Å²) in [6.07, 6.45) is 1.74. The second-order valence-electron chi connectivity index (χ2n) is 4.18. The molecule has 0 N–H and O–H groups in total. The van der Waals surface area contributed by atoms with E-state index in [2.05, 4.69) is 9.97 Å². The Labute approximate surface area is 126 Å². The van der Waals surface area contributed by atoms with Crippen molar-refractivity contribution in [3.05, 3.63) is 64.5 Å². The van der Waals surface area contributed by atoms with E-state index in [4.69, 9.17) is 27.9 Å². The van der Waals surface area contributed by atoms with Gasteiger partial charge in [-0.05, 0) is 24.3 Å². The molecule has 0 saturated carbocycles. The number of pyridine rings is 2. The molecule has 0 spiro atoms. The zero-order valence-electron chi connectivity index (χ0n) is 10.4. The second-order valence-corrected chi connectivity index (χ2v) is 4.98. The third kappa shape index (κ3) is 2.69. The Morgan fingerprint density at radius 3 is 2.75 bits per heavy atom. The highest BCUT2D eigenvalue weighted by atomic mass is 35.5. The van der Waals surface area contributed by atoms with Crippen LogP contribution < -0.4 is 4.74 Å². The van der Waals surface area contributed by atoms with E-state index in [0.29, 0.717) is 21.6 Å². The van der Waals surface area contributed by atoms with Crippen molar-refractivity contribution >= 4 is 34.1 Å². The highest BCUT2D eigenvalue weighted by Gasteiger charge is 2.07. The van der Waals surface area contributed by atoms with Gasteiger partial charge in [0.1, 0.15) is 23.0 Å². The molecule has 5 heteroatoms. The summed E-state index contributed by atoms with van der Waals surface area (Å²) in [7, 11) is 0. The SMILES string of the molecule is Clc1ccc(Cl)c(COc2cccc3cccnc23)n1. The van der Waals surface area contributed by atoms with E-state index in [0.717, 1.165) is 10.9 Å². The van der Waals surface area contributed by atoms with Crippen molar-refractivity contribution < 1.29 is 4.74 Å². The first-order valence-electron chi connectivity index (χ1n) is 6.01. The molecule has 0 aliphatic rings. The fraction of sp³-hybridized carbons (Fsp3) is 0.0667. The molecule has 2 aromatic heterocycles. The number of ether oxygens (including phenoxy) is 1. The molecular formula is C15H10Cl2N2O. The Hall–Kier alpha value is -1.84. The van der Waals surface area contributed by atoms with Gasteiger partial charge in [0.25, 0.3) is 0 Å². The van der Waals surface area contributed by atoms with Gasteiger partial charge >= 0.3 is 0 Å². The van der Waals surface area contributed by atoms with Crippen LogP contribution in [0.1, 0.15) is 5.69 Å². The van der Waals surface area contributed by atoms with Crippen molar-refractivity contribution in [3.63, 3.8) is 0 Å². The van der Waals surface area contributed by atoms with Gasteiger partial charge in [-0.2, -0.15) is 0 Å². The summed E-state index contributed by atoms with van der Waals surface area (Å²) in [4.78, 5) is 8.48. The first-order valence-corrected chi connectivity index (χ1v) is 6.77. The molecule has 0 saturated heterocycles. The van der Waals surface area contributed by atoms with Crippen LogP contribution in [0.15, 0.2) is 48.7 Å². The lowest BCUT2D eigenvalue weighted by atomic mass is 10.2. The van der Waals surface area contributed by atoms with Crippen LogP contribution in [0.3, 0.4) is 0 Å². The fourth-order valence-electron chi connectivity index (χ4n) is 1.90. The van der Waals surface area contributed by atoms with Gasteiger partial charge in [0, 0.05) is 11.6 Å². The third-order valence-electron chi connectivity index (χ3n) is 2.84. The summed E-state index contributed by atoms with van der Waals surface area (Å²) < 4.78 is 5.77. The summed E-state index contributed by atoms with van der Waals surface area (Å²) in [5, 5.41) is 1.95. The number of benzene rings is 1. The van der Waals surface area contributed by atoms with Gasteiger partial charge in [-0.1, -0.05) is 41.4 Å². The van der Waals surface area contributed by atoms with Gasteiger partial charge in [-0.3, -0.25) is 4.98 Å². The number of rotatable bonds is 3. The van der Waals surface area contributed by atoms with Crippen LogP contribution in [0.4, 0.5) is 0 Å². The number of fused-ring (bicyclic) bond motifs is 1. The maximum absolute atomic E-state index is 6.06. The van der Waals surface area contributed by atoms with Crippen LogP contribution in [0, 0.1) is 0 Å². The minimum atomic E-state index is 0.245. The van der Waals surface area contributed by atoms with Gasteiger partial charge in [0.2, 0.25) is 0 Å². The van der Waals surface area contributed by atoms with Crippen molar-refractivity contribution in [2.75, 3.05) is 0 Å². The van der Waals surface area contributed by atoms with E-state index in [1.54, 1.807) is 18.3 Å². The summed E-state index contributed by atoms with van der Waals surface area (Å²) >= 11 is 11.9. The number of hydrogen-bond acceptors (Lipinski definition) is 3. The van der Waals surface area contributed by atoms with Gasteiger partial charge in [-0.15, -0.1) is 0 Å². The largest absolute Gasteiger partial charge is 0.485 e. The van der Waals surface area contributed by atoms with E-state index in [1.807, 2.05) is 30.3 Å². The van der Waals surface area contributed by atoms with E-state index in [-0.39, 0.29) is 6.61 Å². The molecule has 100 valence electrons. The highest BCUT2D eigenvalue weighted by molar-refractivity contribution is 6.32. The third-order valence-corrected chi connectivity index (χ3v) is 3.40. The molecule has 0 bridgehead atoms. The maximum Gasteiger partial charge on any atom is 0.146 e. The molecule has 0 radical (unpaired) electrons. The Bertz CT molecular complexity index is 756. The predicted molar refractivity (Wildman–Crippen MR) is 80.3 cm³/mol. The number of nitrogens with zero attached hydrogens (tertiary/aromatic N) is 2. The van der Waals surface area contributed by atoms with Crippen molar-refractivity contribution in [1.29, 1.82) is 0 Å². The smallest absolute Gasteiger partial charge is 0.146 e. The van der Waals surface area contributed by atoms with Gasteiger partial charge in [-0.25, -0.2) is 4.98 Å². The minimum absolute atomic E-state index is 0.245. The van der Waals surface area contributed by atoms with Crippen LogP contribution in [0.25, 0.3) is 10.9 Å². The number of hydrogen-bond donors (Lipinski definition) is 0. The lowest BCUT2D eigenvalue weighted by Crippen LogP contribution is -2.00. The average Bonchev–Trinajstić information content (AvgIpc) is 2.48. The van der Waals surface area contributed by atoms with E-state index < -0.39 is 0 Å². The number of halogens is 2. The maximum atomic E-state index is 6.06. The molecule has 0 aliphatic carbocycles. The van der Waals surface area contributed by atoms with Crippen molar-refractivity contribution in [3.8, 4) is 5.75 Å². The summed E-state index contributed by atoms with van der Waals surface area (Å²) in [6.45, 7) is 0.245. The molecule has 3 aromatic rings. The molecule has 2 heterocycles. The number of aromatic nitrogens is 2. The first-order chi connectivity index (χ1) is 9.74. The van der Waals surface area contributed by atoms with Crippen LogP contribution in [-0.2, 0) is 6.61 Å². The Morgan fingerprint density at radius 2 is 1.85 bits per heavy atom. The Balaban J connectivity index is 1.89. The Morgan fingerprint density at radius 1 is 1.00 bits per heavy atom. The molecule has 0 unspecified atom stereocenters. The highest BCUT2D eigenvalue weighted by Crippen LogP contribution is 2.25. The van der Waals surface area contributed by atoms with Crippen LogP contribution in [0.5, 0.6) is 5.75 Å². The standard InChI is InChI=1S/C15H10Cl2N2O/c16-11-6-7-14(17)19-12(11)9-20-13-5-1-3-10-4-2-8-18-15(10)13/h1-8H,9H2. The van der Waals surface area contributed by atoms with Crippen LogP contribution in [0.2, 0.25) is 10.2 Å². The molecule has 3 nitrogen and oxygen atoms in total. The van der Waals surface area contributed by atoms with Gasteiger partial charge < -0.3 is 4.74 Å². The molecule has 0 atom stereocenters. The predicted octanol–water partition coefficient (Wildman–Crippen LogP) is 4.52. The lowest BCUT2D eigenvalue weighted by molar-refractivity contribution is 0.304. The average molecular weight is 305 g/mol. The normalized spacial score (nSPS) is 10.7. The molecule has 1 aromatic carbocycles. The van der Waals surface area contributed by atoms with Crippen molar-refractivity contribution in [2.24, 2.45) is 0 Å². The second kappa shape index (κ2) is 5.65. The molecule has 20 heavy (non-hydrogen) atoms. The quantitative estimate of drug-likeness (QED) is 0.668. The van der Waals surface area contributed by atoms with Crippen molar-refractivity contribution in [1.82, 2.24) is 9.97 Å². The summed E-state index contributed by atoms with van der Waals surface area (Å²) in [5.74, 6) is 0.695. The van der Waals surface area contributed by atoms with E-state index >= 15 is 0 Å². The van der Waals surface area contributed by atoms with Gasteiger partial charge in [0.05, 0.1) is 10.7 Å². The minimum Gasteiger partial charge on any atom is -0.485 e. The summed E-state index contributed by atoms with van der Waals surface area (Å²) in [5.41, 5.74) is 1.42. The molecular weight excluding hydrogens is 295 g/mol. The molecule has 3 rings (SSSR count). The van der Waals surface area contributed by atoms with Gasteiger partial charge in [0.15, 0.2) is 0 Å². The lowest BCUT2D eigenvalue weighted by Gasteiger charge is -2.09. The topological polar surface area (TPSA) is 35.0 Å². The molecule has 0 fully saturated rings. The zero-order valence-corrected chi connectivity index (χ0v) is 11.9. The number of para-hydroxylation sites is 1.